The van der Waals surface area contributed by atoms with Crippen molar-refractivity contribution in [3.8, 4) is 5.75 Å². The molecule has 0 aliphatic carbocycles. The second-order valence-corrected chi connectivity index (χ2v) is 6.46. The van der Waals surface area contributed by atoms with Gasteiger partial charge in [-0.15, -0.1) is 0 Å². The Balaban J connectivity index is 1.84. The number of rotatable bonds is 7. The van der Waals surface area contributed by atoms with Gasteiger partial charge >= 0.3 is 0 Å². The normalized spacial score (nSPS) is 11.8. The number of ether oxygens (including phenoxy) is 1. The van der Waals surface area contributed by atoms with Crippen LogP contribution in [0.2, 0.25) is 0 Å². The maximum atomic E-state index is 12.7. The van der Waals surface area contributed by atoms with Crippen molar-refractivity contribution in [1.29, 1.82) is 0 Å². The number of nitrogens with one attached hydrogen (secondary N) is 2. The first-order chi connectivity index (χ1) is 13.5. The number of aromatic nitrogens is 2. The summed E-state index contributed by atoms with van der Waals surface area (Å²) in [4.78, 5) is 29.1. The van der Waals surface area contributed by atoms with Gasteiger partial charge in [0.1, 0.15) is 18.1 Å². The highest BCUT2D eigenvalue weighted by molar-refractivity contribution is 5.91. The third-order valence-electron chi connectivity index (χ3n) is 4.45. The van der Waals surface area contributed by atoms with E-state index in [2.05, 4.69) is 15.6 Å². The number of para-hydroxylation sites is 2. The van der Waals surface area contributed by atoms with E-state index in [9.17, 15) is 9.59 Å². The second-order valence-electron chi connectivity index (χ2n) is 6.46. The number of methoxy groups -OCH3 is 1. The first kappa shape index (κ1) is 19.4. The second kappa shape index (κ2) is 8.56. The summed E-state index contributed by atoms with van der Waals surface area (Å²) in [6.45, 7) is 3.76. The number of benzene rings is 2. The van der Waals surface area contributed by atoms with Crippen LogP contribution < -0.4 is 15.4 Å². The molecule has 2 aromatic carbocycles. The molecule has 7 nitrogen and oxygen atoms in total. The largest absolute Gasteiger partial charge is 0.497 e. The average molecular weight is 380 g/mol. The van der Waals surface area contributed by atoms with E-state index in [0.29, 0.717) is 17.9 Å². The third-order valence-corrected chi connectivity index (χ3v) is 4.45. The highest BCUT2D eigenvalue weighted by Crippen LogP contribution is 2.21. The zero-order valence-electron chi connectivity index (χ0n) is 16.2. The molecular formula is C21H24N4O3. The fraction of sp³-hybridized carbons (Fsp3) is 0.286. The molecule has 3 aromatic rings. The number of fused-ring (bicyclic) bond motifs is 1. The Labute approximate surface area is 163 Å². The van der Waals surface area contributed by atoms with Gasteiger partial charge in [-0.1, -0.05) is 19.1 Å². The van der Waals surface area contributed by atoms with Gasteiger partial charge in [0.2, 0.25) is 11.8 Å². The van der Waals surface area contributed by atoms with Crippen LogP contribution in [0.4, 0.5) is 5.69 Å². The maximum absolute atomic E-state index is 12.7. The van der Waals surface area contributed by atoms with E-state index < -0.39 is 0 Å². The molecule has 0 fully saturated rings. The lowest BCUT2D eigenvalue weighted by atomic mass is 10.2. The first-order valence-electron chi connectivity index (χ1n) is 9.20. The molecule has 2 amide bonds. The molecule has 0 aliphatic rings. The summed E-state index contributed by atoms with van der Waals surface area (Å²) in [5, 5.41) is 5.80. The topological polar surface area (TPSA) is 85.2 Å². The molecule has 2 N–H and O–H groups in total. The monoisotopic (exact) mass is 380 g/mol. The highest BCUT2D eigenvalue weighted by atomic mass is 16.5. The van der Waals surface area contributed by atoms with Gasteiger partial charge in [-0.25, -0.2) is 4.98 Å². The summed E-state index contributed by atoms with van der Waals surface area (Å²) in [5.41, 5.74) is 2.32. The summed E-state index contributed by atoms with van der Waals surface area (Å²) < 4.78 is 6.97. The predicted octanol–water partition coefficient (Wildman–Crippen LogP) is 3.27. The molecule has 0 saturated heterocycles. The van der Waals surface area contributed by atoms with Crippen molar-refractivity contribution in [2.45, 2.75) is 32.9 Å². The van der Waals surface area contributed by atoms with Gasteiger partial charge in [-0.2, -0.15) is 0 Å². The van der Waals surface area contributed by atoms with Crippen LogP contribution in [0.15, 0.2) is 48.5 Å². The van der Waals surface area contributed by atoms with E-state index >= 15 is 0 Å². The summed E-state index contributed by atoms with van der Waals surface area (Å²) in [6, 6.07) is 14.4. The van der Waals surface area contributed by atoms with E-state index in [1.807, 2.05) is 35.8 Å². The lowest BCUT2D eigenvalue weighted by Crippen LogP contribution is -2.29. The smallest absolute Gasteiger partial charge is 0.244 e. The molecule has 1 atom stereocenters. The van der Waals surface area contributed by atoms with Gasteiger partial charge in [0.15, 0.2) is 0 Å². The molecule has 0 spiro atoms. The average Bonchev–Trinajstić information content (AvgIpc) is 3.07. The number of imidazole rings is 1. The Morgan fingerprint density at radius 3 is 2.50 bits per heavy atom. The van der Waals surface area contributed by atoms with E-state index in [4.69, 9.17) is 4.74 Å². The van der Waals surface area contributed by atoms with Crippen LogP contribution in [-0.4, -0.2) is 28.5 Å². The fourth-order valence-electron chi connectivity index (χ4n) is 3.02. The lowest BCUT2D eigenvalue weighted by Gasteiger charge is -2.16. The van der Waals surface area contributed by atoms with Crippen molar-refractivity contribution in [2.24, 2.45) is 0 Å². The summed E-state index contributed by atoms with van der Waals surface area (Å²) >= 11 is 0. The zero-order valence-corrected chi connectivity index (χ0v) is 16.2. The van der Waals surface area contributed by atoms with Crippen LogP contribution in [0.5, 0.6) is 5.75 Å². The molecule has 1 aromatic heterocycles. The van der Waals surface area contributed by atoms with Gasteiger partial charge in [0.05, 0.1) is 24.2 Å². The van der Waals surface area contributed by atoms with Gasteiger partial charge in [-0.05, 0) is 43.3 Å². The van der Waals surface area contributed by atoms with Gasteiger partial charge in [-0.3, -0.25) is 9.59 Å². The predicted molar refractivity (Wildman–Crippen MR) is 108 cm³/mol. The summed E-state index contributed by atoms with van der Waals surface area (Å²) in [5.74, 6) is 1.13. The van der Waals surface area contributed by atoms with E-state index in [-0.39, 0.29) is 24.4 Å². The summed E-state index contributed by atoms with van der Waals surface area (Å²) in [7, 11) is 1.59. The Hall–Kier alpha value is -3.35. The number of carbonyl (C=O) groups excluding carboxylic acids is 2. The van der Waals surface area contributed by atoms with Crippen molar-refractivity contribution >= 4 is 28.5 Å². The molecule has 0 aliphatic heterocycles. The fourth-order valence-corrected chi connectivity index (χ4v) is 3.02. The van der Waals surface area contributed by atoms with Crippen molar-refractivity contribution in [1.82, 2.24) is 14.9 Å². The van der Waals surface area contributed by atoms with E-state index in [1.165, 1.54) is 0 Å². The molecule has 0 radical (unpaired) electrons. The maximum Gasteiger partial charge on any atom is 0.244 e. The SMILES string of the molecule is CCC(=O)NC(C)c1nc2ccccc2n1CC(=O)Nc1ccc(OC)cc1. The molecule has 146 valence electrons. The molecule has 7 heteroatoms. The molecule has 28 heavy (non-hydrogen) atoms. The standard InChI is InChI=1S/C21H24N4O3/c1-4-19(26)22-14(2)21-24-17-7-5-6-8-18(17)25(21)13-20(27)23-15-9-11-16(28-3)12-10-15/h5-12,14H,4,13H2,1-3H3,(H,22,26)(H,23,27). The molecule has 3 rings (SSSR count). The molecule has 1 unspecified atom stereocenters. The van der Waals surface area contributed by atoms with Crippen LogP contribution in [0.3, 0.4) is 0 Å². The zero-order chi connectivity index (χ0) is 20.1. The number of hydrogen-bond acceptors (Lipinski definition) is 4. The number of anilines is 1. The highest BCUT2D eigenvalue weighted by Gasteiger charge is 2.19. The van der Waals surface area contributed by atoms with Crippen molar-refractivity contribution < 1.29 is 14.3 Å². The van der Waals surface area contributed by atoms with Crippen molar-refractivity contribution in [2.75, 3.05) is 12.4 Å². The minimum absolute atomic E-state index is 0.0613. The van der Waals surface area contributed by atoms with Gasteiger partial charge < -0.3 is 19.9 Å². The molecule has 0 saturated carbocycles. The Kier molecular flexibility index (Phi) is 5.93. The third kappa shape index (κ3) is 4.31. The van der Waals surface area contributed by atoms with Crippen molar-refractivity contribution in [3.63, 3.8) is 0 Å². The number of amides is 2. The van der Waals surface area contributed by atoms with Crippen LogP contribution in [-0.2, 0) is 16.1 Å². The van der Waals surface area contributed by atoms with Gasteiger partial charge in [0, 0.05) is 12.1 Å². The van der Waals surface area contributed by atoms with E-state index in [1.54, 1.807) is 38.3 Å². The Morgan fingerprint density at radius 2 is 1.82 bits per heavy atom. The summed E-state index contributed by atoms with van der Waals surface area (Å²) in [6.07, 6.45) is 0.391. The van der Waals surface area contributed by atoms with Crippen molar-refractivity contribution in [3.05, 3.63) is 54.4 Å². The van der Waals surface area contributed by atoms with E-state index in [0.717, 1.165) is 16.8 Å². The number of carbonyl (C=O) groups is 2. The Morgan fingerprint density at radius 1 is 1.11 bits per heavy atom. The molecular weight excluding hydrogens is 356 g/mol. The van der Waals surface area contributed by atoms with Gasteiger partial charge in [0.25, 0.3) is 0 Å². The quantitative estimate of drug-likeness (QED) is 0.659. The first-order valence-corrected chi connectivity index (χ1v) is 9.20. The Bertz CT molecular complexity index is 979. The number of hydrogen-bond donors (Lipinski definition) is 2. The molecule has 1 heterocycles. The number of nitrogens with zero attached hydrogens (tertiary/aromatic N) is 2. The minimum Gasteiger partial charge on any atom is -0.497 e. The minimum atomic E-state index is -0.311. The lowest BCUT2D eigenvalue weighted by molar-refractivity contribution is -0.121. The van der Waals surface area contributed by atoms with Crippen LogP contribution in [0.25, 0.3) is 11.0 Å². The van der Waals surface area contributed by atoms with Crippen LogP contribution >= 0.6 is 0 Å². The van der Waals surface area contributed by atoms with Crippen LogP contribution in [0.1, 0.15) is 32.1 Å². The van der Waals surface area contributed by atoms with Crippen LogP contribution in [0, 0.1) is 0 Å². The molecule has 0 bridgehead atoms.